The van der Waals surface area contributed by atoms with Crippen molar-refractivity contribution in [2.45, 2.75) is 13.0 Å². The minimum Gasteiger partial charge on any atom is -0.508 e. The number of carbonyl (C=O) groups is 2. The van der Waals surface area contributed by atoms with Crippen LogP contribution in [0.1, 0.15) is 12.5 Å². The fourth-order valence-electron chi connectivity index (χ4n) is 2.66. The van der Waals surface area contributed by atoms with E-state index in [0.29, 0.717) is 16.2 Å². The highest BCUT2D eigenvalue weighted by molar-refractivity contribution is 8.26. The molecule has 0 aliphatic carbocycles. The fraction of sp³-hybridized carbons (Fsp3) is 0.150. The molecule has 7 nitrogen and oxygen atoms in total. The molecule has 2 aromatic rings. The van der Waals surface area contributed by atoms with Crippen LogP contribution in [0.5, 0.6) is 17.2 Å². The molecule has 1 atom stereocenters. The Hall–Kier alpha value is -3.04. The Balaban J connectivity index is 1.77. The molecule has 1 aliphatic heterocycles. The van der Waals surface area contributed by atoms with Crippen molar-refractivity contribution in [3.63, 3.8) is 0 Å². The second-order valence-corrected chi connectivity index (χ2v) is 7.87. The smallest absolute Gasteiger partial charge is 0.266 e. The van der Waals surface area contributed by atoms with E-state index in [1.807, 2.05) is 0 Å². The van der Waals surface area contributed by atoms with Crippen molar-refractivity contribution in [1.82, 2.24) is 4.90 Å². The summed E-state index contributed by atoms with van der Waals surface area (Å²) in [6, 6.07) is 9.91. The summed E-state index contributed by atoms with van der Waals surface area (Å²) in [5, 5.41) is 21.7. The first kappa shape index (κ1) is 20.7. The molecule has 2 amide bonds. The molecule has 150 valence electrons. The zero-order chi connectivity index (χ0) is 21.1. The van der Waals surface area contributed by atoms with E-state index in [9.17, 15) is 19.8 Å². The Morgan fingerprint density at radius 1 is 1.24 bits per heavy atom. The van der Waals surface area contributed by atoms with Crippen LogP contribution in [-0.2, 0) is 9.59 Å². The maximum Gasteiger partial charge on any atom is 0.266 e. The van der Waals surface area contributed by atoms with E-state index in [-0.39, 0.29) is 27.5 Å². The van der Waals surface area contributed by atoms with E-state index in [0.717, 1.165) is 11.8 Å². The summed E-state index contributed by atoms with van der Waals surface area (Å²) in [5.41, 5.74) is 1.15. The van der Waals surface area contributed by atoms with Gasteiger partial charge in [0.2, 0.25) is 5.91 Å². The van der Waals surface area contributed by atoms with Crippen molar-refractivity contribution in [2.75, 3.05) is 12.4 Å². The van der Waals surface area contributed by atoms with Crippen LogP contribution < -0.4 is 10.1 Å². The van der Waals surface area contributed by atoms with Crippen molar-refractivity contribution >= 4 is 51.9 Å². The molecule has 1 saturated heterocycles. The zero-order valence-corrected chi connectivity index (χ0v) is 17.2. The van der Waals surface area contributed by atoms with Crippen LogP contribution >= 0.6 is 24.0 Å². The van der Waals surface area contributed by atoms with Gasteiger partial charge in [0, 0.05) is 5.69 Å². The van der Waals surface area contributed by atoms with Gasteiger partial charge >= 0.3 is 0 Å². The number of phenols is 2. The molecule has 29 heavy (non-hydrogen) atoms. The number of ether oxygens (including phenoxy) is 1. The lowest BCUT2D eigenvalue weighted by Gasteiger charge is -2.22. The molecule has 0 spiro atoms. The molecule has 0 radical (unpaired) electrons. The van der Waals surface area contributed by atoms with E-state index >= 15 is 0 Å². The van der Waals surface area contributed by atoms with E-state index in [1.165, 1.54) is 30.2 Å². The number of hydrogen-bond donors (Lipinski definition) is 3. The van der Waals surface area contributed by atoms with Crippen LogP contribution in [0.4, 0.5) is 5.69 Å². The normalized spacial score (nSPS) is 16.2. The maximum atomic E-state index is 12.8. The van der Waals surface area contributed by atoms with Crippen molar-refractivity contribution in [2.24, 2.45) is 0 Å². The number of benzene rings is 2. The number of thioether (sulfide) groups is 1. The summed E-state index contributed by atoms with van der Waals surface area (Å²) in [7, 11) is 1.44. The number of rotatable bonds is 5. The molecule has 0 aromatic heterocycles. The Bertz CT molecular complexity index is 1000. The highest BCUT2D eigenvalue weighted by Gasteiger charge is 2.38. The standard InChI is InChI=1S/C20H18N2O5S2/c1-11(18(25)21-13-4-6-14(23)7-5-13)22-19(26)17(29-20(22)28)10-12-3-8-15(24)16(9-12)27-2/h3-11,23-24H,1-2H3,(H,21,25)/b17-10-. The lowest BCUT2D eigenvalue weighted by atomic mass is 10.1. The largest absolute Gasteiger partial charge is 0.508 e. The Labute approximate surface area is 177 Å². The lowest BCUT2D eigenvalue weighted by Crippen LogP contribution is -2.44. The number of aromatic hydroxyl groups is 2. The molecule has 9 heteroatoms. The average molecular weight is 431 g/mol. The predicted molar refractivity (Wildman–Crippen MR) is 116 cm³/mol. The van der Waals surface area contributed by atoms with Gasteiger partial charge in [-0.25, -0.2) is 0 Å². The van der Waals surface area contributed by atoms with Gasteiger partial charge in [0.1, 0.15) is 16.1 Å². The van der Waals surface area contributed by atoms with Gasteiger partial charge < -0.3 is 20.3 Å². The topological polar surface area (TPSA) is 99.1 Å². The summed E-state index contributed by atoms with van der Waals surface area (Å²) >= 11 is 6.41. The molecule has 2 aromatic carbocycles. The molecule has 1 heterocycles. The molecule has 3 N–H and O–H groups in total. The number of hydrogen-bond acceptors (Lipinski definition) is 7. The second kappa shape index (κ2) is 8.54. The van der Waals surface area contributed by atoms with Crippen LogP contribution in [0.2, 0.25) is 0 Å². The average Bonchev–Trinajstić information content (AvgIpc) is 2.97. The third kappa shape index (κ3) is 4.52. The van der Waals surface area contributed by atoms with E-state index in [2.05, 4.69) is 5.32 Å². The second-order valence-electron chi connectivity index (χ2n) is 6.20. The number of methoxy groups -OCH3 is 1. The Morgan fingerprint density at radius 2 is 1.93 bits per heavy atom. The van der Waals surface area contributed by atoms with Crippen LogP contribution in [0.15, 0.2) is 47.4 Å². The molecule has 1 unspecified atom stereocenters. The van der Waals surface area contributed by atoms with Crippen molar-refractivity contribution in [1.29, 1.82) is 0 Å². The lowest BCUT2D eigenvalue weighted by molar-refractivity contribution is -0.129. The first-order valence-corrected chi connectivity index (χ1v) is 9.76. The van der Waals surface area contributed by atoms with Gasteiger partial charge in [-0.15, -0.1) is 0 Å². The quantitative estimate of drug-likeness (QED) is 0.380. The van der Waals surface area contributed by atoms with Gasteiger partial charge in [-0.1, -0.05) is 30.0 Å². The molecular formula is C20H18N2O5S2. The van der Waals surface area contributed by atoms with E-state index in [4.69, 9.17) is 17.0 Å². The third-order valence-corrected chi connectivity index (χ3v) is 5.56. The first-order valence-electron chi connectivity index (χ1n) is 8.54. The fourth-order valence-corrected chi connectivity index (χ4v) is 4.08. The number of thiocarbonyl (C=S) groups is 1. The number of carbonyl (C=O) groups excluding carboxylic acids is 2. The van der Waals surface area contributed by atoms with Crippen LogP contribution in [0, 0.1) is 0 Å². The van der Waals surface area contributed by atoms with E-state index < -0.39 is 11.9 Å². The predicted octanol–water partition coefficient (Wildman–Crippen LogP) is 3.33. The zero-order valence-electron chi connectivity index (χ0n) is 15.6. The number of anilines is 1. The van der Waals surface area contributed by atoms with Gasteiger partial charge in [0.05, 0.1) is 12.0 Å². The van der Waals surface area contributed by atoms with Gasteiger partial charge in [-0.3, -0.25) is 14.5 Å². The summed E-state index contributed by atoms with van der Waals surface area (Å²) < 4.78 is 5.36. The molecule has 1 aliphatic rings. The van der Waals surface area contributed by atoms with Crippen molar-refractivity contribution in [3.05, 3.63) is 52.9 Å². The van der Waals surface area contributed by atoms with Gasteiger partial charge in [0.15, 0.2) is 11.5 Å². The van der Waals surface area contributed by atoms with Gasteiger partial charge in [0.25, 0.3) is 5.91 Å². The SMILES string of the molecule is COc1cc(/C=C2\SC(=S)N(C(C)C(=O)Nc3ccc(O)cc3)C2=O)ccc1O. The molecule has 3 rings (SSSR count). The highest BCUT2D eigenvalue weighted by atomic mass is 32.2. The molecule has 0 saturated carbocycles. The summed E-state index contributed by atoms with van der Waals surface area (Å²) in [4.78, 5) is 27.0. The third-order valence-electron chi connectivity index (χ3n) is 4.23. The number of nitrogens with zero attached hydrogens (tertiary/aromatic N) is 1. The minimum atomic E-state index is -0.823. The maximum absolute atomic E-state index is 12.8. The first-order chi connectivity index (χ1) is 13.8. The van der Waals surface area contributed by atoms with Crippen LogP contribution in [-0.4, -0.2) is 44.4 Å². The van der Waals surface area contributed by atoms with Crippen molar-refractivity contribution in [3.8, 4) is 17.2 Å². The summed E-state index contributed by atoms with van der Waals surface area (Å²) in [6.45, 7) is 1.59. The Morgan fingerprint density at radius 3 is 2.59 bits per heavy atom. The molecule has 0 bridgehead atoms. The van der Waals surface area contributed by atoms with Crippen LogP contribution in [0.25, 0.3) is 6.08 Å². The number of nitrogens with one attached hydrogen (secondary N) is 1. The summed E-state index contributed by atoms with van der Waals surface area (Å²) in [6.07, 6.45) is 1.63. The number of phenolic OH excluding ortho intramolecular Hbond substituents is 2. The molecule has 1 fully saturated rings. The molecular weight excluding hydrogens is 412 g/mol. The van der Waals surface area contributed by atoms with Crippen molar-refractivity contribution < 1.29 is 24.5 Å². The Kier molecular flexibility index (Phi) is 6.09. The number of amides is 2. The van der Waals surface area contributed by atoms with Gasteiger partial charge in [-0.2, -0.15) is 0 Å². The minimum absolute atomic E-state index is 0.00303. The van der Waals surface area contributed by atoms with E-state index in [1.54, 1.807) is 37.3 Å². The highest BCUT2D eigenvalue weighted by Crippen LogP contribution is 2.35. The monoisotopic (exact) mass is 430 g/mol. The van der Waals surface area contributed by atoms with Crippen LogP contribution in [0.3, 0.4) is 0 Å². The van der Waals surface area contributed by atoms with Gasteiger partial charge in [-0.05, 0) is 55.0 Å². The summed E-state index contributed by atoms with van der Waals surface area (Å²) in [5.74, 6) is -0.406.